The number of carbonyl (C=O) groups is 1. The molecule has 0 spiro atoms. The minimum atomic E-state index is -0.447. The molecule has 0 aliphatic carbocycles. The average molecular weight is 286 g/mol. The van der Waals surface area contributed by atoms with Gasteiger partial charge in [-0.1, -0.05) is 36.4 Å². The molecule has 5 heteroatoms. The number of carbonyl (C=O) groups excluding carboxylic acids is 1. The Morgan fingerprint density at radius 3 is 2.57 bits per heavy atom. The lowest BCUT2D eigenvalue weighted by atomic mass is 10.2. The third-order valence-corrected chi connectivity index (χ3v) is 2.93. The molecule has 0 aliphatic rings. The smallest absolute Gasteiger partial charge is 0.410 e. The highest BCUT2D eigenvalue weighted by molar-refractivity contribution is 5.67. The fourth-order valence-electron chi connectivity index (χ4n) is 1.88. The van der Waals surface area contributed by atoms with Gasteiger partial charge in [0.2, 0.25) is 0 Å². The maximum atomic E-state index is 12.1. The summed E-state index contributed by atoms with van der Waals surface area (Å²) in [6.07, 6.45) is 2.92. The van der Waals surface area contributed by atoms with E-state index < -0.39 is 6.09 Å². The summed E-state index contributed by atoms with van der Waals surface area (Å²) >= 11 is 0. The molecule has 0 saturated heterocycles. The molecule has 1 heterocycles. The van der Waals surface area contributed by atoms with Gasteiger partial charge in [0.05, 0.1) is 13.2 Å². The van der Waals surface area contributed by atoms with Gasteiger partial charge in [0, 0.05) is 18.9 Å². The monoisotopic (exact) mass is 286 g/mol. The molecule has 1 aromatic heterocycles. The number of hydrogen-bond donors (Lipinski definition) is 1. The molecule has 0 bridgehead atoms. The molecule has 0 atom stereocenters. The number of aliphatic hydroxyl groups excluding tert-OH is 1. The second-order valence-electron chi connectivity index (χ2n) is 4.55. The van der Waals surface area contributed by atoms with E-state index in [9.17, 15) is 4.79 Å². The Kier molecular flexibility index (Phi) is 5.72. The first-order valence-corrected chi connectivity index (χ1v) is 6.75. The molecule has 0 fully saturated rings. The van der Waals surface area contributed by atoms with Gasteiger partial charge >= 0.3 is 6.09 Å². The molecule has 2 rings (SSSR count). The van der Waals surface area contributed by atoms with Crippen LogP contribution < -0.4 is 0 Å². The summed E-state index contributed by atoms with van der Waals surface area (Å²) in [6, 6.07) is 13.2. The van der Waals surface area contributed by atoms with Gasteiger partial charge in [-0.3, -0.25) is 4.98 Å². The number of hydrogen-bond acceptors (Lipinski definition) is 4. The maximum absolute atomic E-state index is 12.1. The van der Waals surface area contributed by atoms with Crippen molar-refractivity contribution in [1.29, 1.82) is 0 Å². The van der Waals surface area contributed by atoms with E-state index in [1.165, 1.54) is 4.90 Å². The molecule has 110 valence electrons. The lowest BCUT2D eigenvalue weighted by Crippen LogP contribution is -2.33. The van der Waals surface area contributed by atoms with Crippen LogP contribution in [0, 0.1) is 0 Å². The second-order valence-corrected chi connectivity index (χ2v) is 4.55. The van der Waals surface area contributed by atoms with E-state index in [1.807, 2.05) is 42.5 Å². The molecule has 0 aliphatic heterocycles. The number of amides is 1. The van der Waals surface area contributed by atoms with E-state index in [1.54, 1.807) is 12.4 Å². The van der Waals surface area contributed by atoms with Gasteiger partial charge in [-0.2, -0.15) is 0 Å². The van der Waals surface area contributed by atoms with Gasteiger partial charge in [-0.25, -0.2) is 4.79 Å². The summed E-state index contributed by atoms with van der Waals surface area (Å²) in [4.78, 5) is 17.6. The molecule has 1 amide bonds. The highest BCUT2D eigenvalue weighted by atomic mass is 16.6. The van der Waals surface area contributed by atoms with Crippen LogP contribution in [0.25, 0.3) is 0 Å². The van der Waals surface area contributed by atoms with Crippen molar-refractivity contribution in [1.82, 2.24) is 9.88 Å². The Balaban J connectivity index is 1.92. The minimum Gasteiger partial charge on any atom is -0.445 e. The summed E-state index contributed by atoms with van der Waals surface area (Å²) in [7, 11) is 0. The molecular weight excluding hydrogens is 268 g/mol. The van der Waals surface area contributed by atoms with Crippen LogP contribution in [-0.2, 0) is 17.9 Å². The lowest BCUT2D eigenvalue weighted by Gasteiger charge is -2.21. The summed E-state index contributed by atoms with van der Waals surface area (Å²) in [6.45, 7) is 0.694. The molecule has 1 aromatic carbocycles. The Morgan fingerprint density at radius 1 is 1.14 bits per heavy atom. The summed E-state index contributed by atoms with van der Waals surface area (Å²) in [5.74, 6) is 0. The van der Waals surface area contributed by atoms with Gasteiger partial charge in [-0.15, -0.1) is 0 Å². The zero-order chi connectivity index (χ0) is 14.9. The van der Waals surface area contributed by atoms with E-state index in [4.69, 9.17) is 9.84 Å². The fourth-order valence-corrected chi connectivity index (χ4v) is 1.88. The molecule has 21 heavy (non-hydrogen) atoms. The van der Waals surface area contributed by atoms with Crippen molar-refractivity contribution < 1.29 is 14.6 Å². The van der Waals surface area contributed by atoms with Crippen molar-refractivity contribution in [2.24, 2.45) is 0 Å². The van der Waals surface area contributed by atoms with Gasteiger partial charge in [0.25, 0.3) is 0 Å². The zero-order valence-corrected chi connectivity index (χ0v) is 11.7. The predicted molar refractivity (Wildman–Crippen MR) is 78.4 cm³/mol. The normalized spacial score (nSPS) is 10.1. The van der Waals surface area contributed by atoms with Crippen LogP contribution in [0.15, 0.2) is 54.9 Å². The zero-order valence-electron chi connectivity index (χ0n) is 11.7. The summed E-state index contributed by atoms with van der Waals surface area (Å²) in [5.41, 5.74) is 1.82. The summed E-state index contributed by atoms with van der Waals surface area (Å²) < 4.78 is 5.27. The van der Waals surface area contributed by atoms with Crippen LogP contribution in [-0.4, -0.2) is 34.2 Å². The van der Waals surface area contributed by atoms with Crippen molar-refractivity contribution in [3.8, 4) is 0 Å². The van der Waals surface area contributed by atoms with Crippen molar-refractivity contribution >= 4 is 6.09 Å². The van der Waals surface area contributed by atoms with E-state index in [0.29, 0.717) is 6.54 Å². The van der Waals surface area contributed by atoms with Crippen LogP contribution in [0.5, 0.6) is 0 Å². The van der Waals surface area contributed by atoms with E-state index in [-0.39, 0.29) is 19.8 Å². The SMILES string of the molecule is O=C(OCc1ccccc1)N(CCO)Cc1cccnc1. The van der Waals surface area contributed by atoms with Crippen LogP contribution in [0.2, 0.25) is 0 Å². The van der Waals surface area contributed by atoms with Gasteiger partial charge in [0.15, 0.2) is 0 Å². The minimum absolute atomic E-state index is 0.110. The molecule has 0 saturated carbocycles. The number of aliphatic hydroxyl groups is 1. The molecule has 2 aromatic rings. The first kappa shape index (κ1) is 15.0. The first-order valence-electron chi connectivity index (χ1n) is 6.75. The Labute approximate surface area is 123 Å². The van der Waals surface area contributed by atoms with Crippen LogP contribution in [0.1, 0.15) is 11.1 Å². The maximum Gasteiger partial charge on any atom is 0.410 e. The number of benzene rings is 1. The molecule has 0 radical (unpaired) electrons. The fraction of sp³-hybridized carbons (Fsp3) is 0.250. The van der Waals surface area contributed by atoms with E-state index in [2.05, 4.69) is 4.98 Å². The highest BCUT2D eigenvalue weighted by Crippen LogP contribution is 2.07. The van der Waals surface area contributed by atoms with Crippen LogP contribution >= 0.6 is 0 Å². The molecule has 5 nitrogen and oxygen atoms in total. The largest absolute Gasteiger partial charge is 0.445 e. The number of nitrogens with zero attached hydrogens (tertiary/aromatic N) is 2. The number of pyridine rings is 1. The predicted octanol–water partition coefficient (Wildman–Crippen LogP) is 2.21. The van der Waals surface area contributed by atoms with Gasteiger partial charge < -0.3 is 14.7 Å². The Hall–Kier alpha value is -2.40. The van der Waals surface area contributed by atoms with Crippen molar-refractivity contribution in [2.45, 2.75) is 13.2 Å². The first-order chi connectivity index (χ1) is 10.3. The number of aromatic nitrogens is 1. The highest BCUT2D eigenvalue weighted by Gasteiger charge is 2.15. The third-order valence-electron chi connectivity index (χ3n) is 2.93. The second kappa shape index (κ2) is 8.01. The quantitative estimate of drug-likeness (QED) is 0.884. The third kappa shape index (κ3) is 4.89. The topological polar surface area (TPSA) is 62.7 Å². The van der Waals surface area contributed by atoms with E-state index in [0.717, 1.165) is 11.1 Å². The Bertz CT molecular complexity index is 546. The van der Waals surface area contributed by atoms with Crippen LogP contribution in [0.3, 0.4) is 0 Å². The standard InChI is InChI=1S/C16H18N2O3/c19-10-9-18(12-15-7-4-8-17-11-15)16(20)21-13-14-5-2-1-3-6-14/h1-8,11,19H,9-10,12-13H2. The average Bonchev–Trinajstić information content (AvgIpc) is 2.54. The molecular formula is C16H18N2O3. The van der Waals surface area contributed by atoms with E-state index >= 15 is 0 Å². The molecule has 0 unspecified atom stereocenters. The van der Waals surface area contributed by atoms with Crippen molar-refractivity contribution in [2.75, 3.05) is 13.2 Å². The van der Waals surface area contributed by atoms with Crippen molar-refractivity contribution in [3.05, 3.63) is 66.0 Å². The van der Waals surface area contributed by atoms with Gasteiger partial charge in [-0.05, 0) is 17.2 Å². The number of ether oxygens (including phenoxy) is 1. The summed E-state index contributed by atoms with van der Waals surface area (Å²) in [5, 5.41) is 9.08. The van der Waals surface area contributed by atoms with Gasteiger partial charge in [0.1, 0.15) is 6.61 Å². The number of rotatable bonds is 6. The lowest BCUT2D eigenvalue weighted by molar-refractivity contribution is 0.0858. The Morgan fingerprint density at radius 2 is 1.90 bits per heavy atom. The van der Waals surface area contributed by atoms with Crippen LogP contribution in [0.4, 0.5) is 4.79 Å². The molecule has 1 N–H and O–H groups in total. The van der Waals surface area contributed by atoms with Crippen molar-refractivity contribution in [3.63, 3.8) is 0 Å².